The first-order chi connectivity index (χ1) is 5.34. The van der Waals surface area contributed by atoms with Crippen molar-refractivity contribution in [2.45, 2.75) is 0 Å². The number of carbonyl (C=O) groups excluding carboxylic acids is 1. The molecular weight excluding hydrogens is 162 g/mol. The van der Waals surface area contributed by atoms with Gasteiger partial charge in [0.05, 0.1) is 5.02 Å². The number of hydrogen-bond donors (Lipinski definition) is 0. The summed E-state index contributed by atoms with van der Waals surface area (Å²) in [5.74, 6) is 0. The summed E-state index contributed by atoms with van der Waals surface area (Å²) in [5.41, 5.74) is 0.541. The van der Waals surface area contributed by atoms with Crippen LogP contribution in [0, 0.1) is 11.8 Å². The van der Waals surface area contributed by atoms with Crippen molar-refractivity contribution in [1.82, 2.24) is 0 Å². The van der Waals surface area contributed by atoms with Crippen molar-refractivity contribution in [2.24, 2.45) is 0 Å². The fourth-order valence-corrected chi connectivity index (χ4v) is 0.751. The summed E-state index contributed by atoms with van der Waals surface area (Å²) < 4.78 is 0. The number of hydrogen-bond acceptors (Lipinski definition) is 2. The van der Waals surface area contributed by atoms with E-state index < -0.39 is 0 Å². The van der Waals surface area contributed by atoms with Gasteiger partial charge in [-0.05, 0) is 6.07 Å². The number of carbonyl (C=O) groups is 1. The zero-order valence-electron chi connectivity index (χ0n) is 5.70. The van der Waals surface area contributed by atoms with Gasteiger partial charge in [-0.3, -0.25) is 4.79 Å². The molecule has 0 amide bonds. The van der Waals surface area contributed by atoms with Gasteiger partial charge in [-0.25, -0.2) is 5.26 Å². The number of aldehydes is 1. The molecule has 1 aromatic rings. The van der Waals surface area contributed by atoms with Gasteiger partial charge in [0.1, 0.15) is 0 Å². The first-order valence-corrected chi connectivity index (χ1v) is 3.18. The number of nitriles is 1. The number of benzene rings is 1. The Kier molecular flexibility index (Phi) is 4.80. The second kappa shape index (κ2) is 5.45. The molecule has 0 heterocycles. The first kappa shape index (κ1) is 9.67. The first-order valence-electron chi connectivity index (χ1n) is 2.80. The van der Waals surface area contributed by atoms with Crippen LogP contribution in [-0.4, -0.2) is 6.29 Å². The molecule has 0 bridgehead atoms. The number of nitrogens with zero attached hydrogens (tertiary/aromatic N) is 1. The lowest BCUT2D eigenvalue weighted by molar-refractivity contribution is 0.112. The third-order valence-electron chi connectivity index (χ3n) is 1.03. The average Bonchev–Trinajstić information content (AvgIpc) is 2.09. The highest BCUT2D eigenvalue weighted by Gasteiger charge is 1.92. The van der Waals surface area contributed by atoms with Crippen molar-refractivity contribution in [2.75, 3.05) is 0 Å². The van der Waals surface area contributed by atoms with Gasteiger partial charge in [0, 0.05) is 12.1 Å². The smallest absolute Gasteiger partial charge is 0.151 e. The Morgan fingerprint density at radius 3 is 2.27 bits per heavy atom. The number of halogens is 1. The van der Waals surface area contributed by atoms with E-state index in [9.17, 15) is 4.79 Å². The molecule has 0 spiro atoms. The Hall–Kier alpha value is -1.33. The van der Waals surface area contributed by atoms with Crippen molar-refractivity contribution in [3.8, 4) is 6.57 Å². The van der Waals surface area contributed by atoms with Crippen LogP contribution in [0.2, 0.25) is 5.02 Å². The van der Waals surface area contributed by atoms with Crippen molar-refractivity contribution < 1.29 is 4.79 Å². The molecular formula is C8H6ClNO. The molecule has 0 aliphatic heterocycles. The standard InChI is InChI=1S/C7H5ClO.CHN/c8-7-4-2-1-3-6(7)5-9;1-2/h1-5H;1H. The summed E-state index contributed by atoms with van der Waals surface area (Å²) in [5, 5.41) is 7.01. The van der Waals surface area contributed by atoms with Crippen LogP contribution in [0.5, 0.6) is 0 Å². The highest BCUT2D eigenvalue weighted by Crippen LogP contribution is 2.11. The van der Waals surface area contributed by atoms with E-state index in [0.717, 1.165) is 6.29 Å². The summed E-state index contributed by atoms with van der Waals surface area (Å²) in [4.78, 5) is 10.1. The van der Waals surface area contributed by atoms with Crippen LogP contribution in [0.4, 0.5) is 0 Å². The van der Waals surface area contributed by atoms with Crippen LogP contribution in [0.1, 0.15) is 10.4 Å². The Morgan fingerprint density at radius 1 is 1.36 bits per heavy atom. The predicted octanol–water partition coefficient (Wildman–Crippen LogP) is 2.29. The summed E-state index contributed by atoms with van der Waals surface area (Å²) >= 11 is 5.59. The minimum absolute atomic E-state index is 0.507. The fraction of sp³-hybridized carbons (Fsp3) is 0. The molecule has 0 N–H and O–H groups in total. The van der Waals surface area contributed by atoms with E-state index >= 15 is 0 Å². The molecule has 0 aromatic heterocycles. The largest absolute Gasteiger partial charge is 0.298 e. The quantitative estimate of drug-likeness (QED) is 0.603. The van der Waals surface area contributed by atoms with Crippen LogP contribution >= 0.6 is 11.6 Å². The third-order valence-corrected chi connectivity index (χ3v) is 1.38. The molecule has 56 valence electrons. The average molecular weight is 168 g/mol. The molecule has 2 nitrogen and oxygen atoms in total. The molecule has 0 saturated heterocycles. The van der Waals surface area contributed by atoms with Crippen molar-refractivity contribution in [1.29, 1.82) is 5.26 Å². The van der Waals surface area contributed by atoms with Gasteiger partial charge in [-0.1, -0.05) is 29.8 Å². The van der Waals surface area contributed by atoms with E-state index in [4.69, 9.17) is 16.9 Å². The van der Waals surface area contributed by atoms with Gasteiger partial charge in [0.2, 0.25) is 0 Å². The SMILES string of the molecule is C#N.O=Cc1ccccc1Cl. The zero-order valence-corrected chi connectivity index (χ0v) is 6.45. The molecule has 3 heteroatoms. The molecule has 0 fully saturated rings. The fourth-order valence-electron chi connectivity index (χ4n) is 0.571. The molecule has 0 atom stereocenters. The minimum Gasteiger partial charge on any atom is -0.298 e. The molecule has 0 saturated carbocycles. The summed E-state index contributed by atoms with van der Waals surface area (Å²) in [7, 11) is 0. The summed E-state index contributed by atoms with van der Waals surface area (Å²) in [6, 6.07) is 6.92. The lowest BCUT2D eigenvalue weighted by Gasteiger charge is -1.90. The lowest BCUT2D eigenvalue weighted by atomic mass is 10.2. The highest BCUT2D eigenvalue weighted by molar-refractivity contribution is 6.32. The Labute approximate surface area is 70.0 Å². The zero-order chi connectivity index (χ0) is 8.69. The van der Waals surface area contributed by atoms with Gasteiger partial charge in [-0.15, -0.1) is 0 Å². The molecule has 1 aromatic carbocycles. The second-order valence-corrected chi connectivity index (χ2v) is 2.05. The maximum atomic E-state index is 10.1. The Balaban J connectivity index is 0.000000461. The second-order valence-electron chi connectivity index (χ2n) is 1.64. The Bertz CT molecular complexity index is 257. The van der Waals surface area contributed by atoms with E-state index in [1.165, 1.54) is 0 Å². The van der Waals surface area contributed by atoms with Crippen molar-refractivity contribution >= 4 is 17.9 Å². The molecule has 0 radical (unpaired) electrons. The van der Waals surface area contributed by atoms with Gasteiger partial charge < -0.3 is 0 Å². The number of rotatable bonds is 1. The van der Waals surface area contributed by atoms with Gasteiger partial charge in [0.25, 0.3) is 0 Å². The van der Waals surface area contributed by atoms with Crippen LogP contribution < -0.4 is 0 Å². The lowest BCUT2D eigenvalue weighted by Crippen LogP contribution is -1.77. The molecule has 11 heavy (non-hydrogen) atoms. The maximum Gasteiger partial charge on any atom is 0.151 e. The molecule has 0 aliphatic carbocycles. The topological polar surface area (TPSA) is 40.9 Å². The summed E-state index contributed by atoms with van der Waals surface area (Å²) in [6.45, 7) is 3.50. The van der Waals surface area contributed by atoms with Crippen LogP contribution in [0.3, 0.4) is 0 Å². The molecule has 0 unspecified atom stereocenters. The van der Waals surface area contributed by atoms with Crippen molar-refractivity contribution in [3.05, 3.63) is 34.9 Å². The Morgan fingerprint density at radius 2 is 1.91 bits per heavy atom. The van der Waals surface area contributed by atoms with E-state index in [1.807, 2.05) is 0 Å². The van der Waals surface area contributed by atoms with E-state index in [0.29, 0.717) is 10.6 Å². The van der Waals surface area contributed by atoms with Gasteiger partial charge >= 0.3 is 0 Å². The van der Waals surface area contributed by atoms with Gasteiger partial charge in [0.15, 0.2) is 6.29 Å². The van der Waals surface area contributed by atoms with Crippen molar-refractivity contribution in [3.63, 3.8) is 0 Å². The van der Waals surface area contributed by atoms with Gasteiger partial charge in [-0.2, -0.15) is 0 Å². The maximum absolute atomic E-state index is 10.1. The monoisotopic (exact) mass is 167 g/mol. The highest BCUT2D eigenvalue weighted by atomic mass is 35.5. The predicted molar refractivity (Wildman–Crippen MR) is 43.5 cm³/mol. The van der Waals surface area contributed by atoms with E-state index in [1.54, 1.807) is 24.3 Å². The third kappa shape index (κ3) is 2.83. The van der Waals surface area contributed by atoms with Crippen LogP contribution in [0.15, 0.2) is 24.3 Å². The van der Waals surface area contributed by atoms with Crippen LogP contribution in [0.25, 0.3) is 0 Å². The van der Waals surface area contributed by atoms with Crippen LogP contribution in [-0.2, 0) is 0 Å². The summed E-state index contributed by atoms with van der Waals surface area (Å²) in [6.07, 6.45) is 0.738. The minimum atomic E-state index is 0.507. The molecule has 0 aliphatic rings. The normalized spacial score (nSPS) is 7.55. The van der Waals surface area contributed by atoms with E-state index in [2.05, 4.69) is 6.57 Å². The van der Waals surface area contributed by atoms with E-state index in [-0.39, 0.29) is 0 Å². The molecule has 1 rings (SSSR count).